The van der Waals surface area contributed by atoms with Gasteiger partial charge in [-0.15, -0.1) is 0 Å². The van der Waals surface area contributed by atoms with Crippen LogP contribution in [-0.2, 0) is 4.74 Å². The molecule has 1 saturated heterocycles. The fourth-order valence-corrected chi connectivity index (χ4v) is 3.92. The molecule has 0 aliphatic carbocycles. The second-order valence-corrected chi connectivity index (χ2v) is 9.32. The van der Waals surface area contributed by atoms with Gasteiger partial charge < -0.3 is 19.9 Å². The van der Waals surface area contributed by atoms with E-state index in [1.165, 1.54) is 0 Å². The number of amides is 2. The third-order valence-electron chi connectivity index (χ3n) is 5.61. The summed E-state index contributed by atoms with van der Waals surface area (Å²) in [5.74, 6) is -0.149. The first-order valence-electron chi connectivity index (χ1n) is 11.2. The number of nitrogens with zero attached hydrogens (tertiary/aromatic N) is 3. The molecule has 4 rings (SSSR count). The van der Waals surface area contributed by atoms with E-state index in [0.29, 0.717) is 37.4 Å². The van der Waals surface area contributed by atoms with Crippen LogP contribution in [0.1, 0.15) is 36.7 Å². The molecule has 3 aromatic rings. The van der Waals surface area contributed by atoms with Crippen LogP contribution in [-0.4, -0.2) is 53.7 Å². The average molecular weight is 447 g/mol. The zero-order valence-electron chi connectivity index (χ0n) is 19.6. The fraction of sp³-hybridized carbons (Fsp3) is 0.346. The maximum atomic E-state index is 12.9. The molecule has 0 unspecified atom stereocenters. The molecule has 2 heterocycles. The van der Waals surface area contributed by atoms with Crippen molar-refractivity contribution in [2.45, 2.75) is 33.3 Å². The zero-order valence-corrected chi connectivity index (χ0v) is 19.6. The summed E-state index contributed by atoms with van der Waals surface area (Å²) in [4.78, 5) is 33.5. The summed E-state index contributed by atoms with van der Waals surface area (Å²) in [7, 11) is 0. The Hall–Kier alpha value is -3.61. The van der Waals surface area contributed by atoms with Crippen molar-refractivity contribution in [3.63, 3.8) is 0 Å². The van der Waals surface area contributed by atoms with E-state index in [0.717, 1.165) is 22.2 Å². The highest BCUT2D eigenvalue weighted by Crippen LogP contribution is 2.23. The van der Waals surface area contributed by atoms with E-state index >= 15 is 0 Å². The molecule has 1 aromatic heterocycles. The van der Waals surface area contributed by atoms with Crippen molar-refractivity contribution in [3.05, 3.63) is 65.9 Å². The number of pyridine rings is 1. The predicted octanol–water partition coefficient (Wildman–Crippen LogP) is 4.85. The molecule has 7 nitrogen and oxygen atoms in total. The van der Waals surface area contributed by atoms with Crippen molar-refractivity contribution in [1.82, 2.24) is 9.88 Å². The lowest BCUT2D eigenvalue weighted by Crippen LogP contribution is -2.50. The van der Waals surface area contributed by atoms with Crippen LogP contribution in [0.3, 0.4) is 0 Å². The quantitative estimate of drug-likeness (QED) is 0.622. The molecule has 0 bridgehead atoms. The summed E-state index contributed by atoms with van der Waals surface area (Å²) in [5, 5.41) is 4.01. The maximum Gasteiger partial charge on any atom is 0.410 e. The van der Waals surface area contributed by atoms with Crippen molar-refractivity contribution >= 4 is 34.3 Å². The zero-order chi connectivity index (χ0) is 23.6. The van der Waals surface area contributed by atoms with E-state index in [1.54, 1.807) is 11.1 Å². The van der Waals surface area contributed by atoms with Crippen molar-refractivity contribution in [2.75, 3.05) is 36.4 Å². The number of hydrogen-bond acceptors (Lipinski definition) is 5. The van der Waals surface area contributed by atoms with Crippen molar-refractivity contribution < 1.29 is 14.3 Å². The van der Waals surface area contributed by atoms with Crippen LogP contribution >= 0.6 is 0 Å². The number of ether oxygens (including phenoxy) is 1. The van der Waals surface area contributed by atoms with Gasteiger partial charge in [0, 0.05) is 54.7 Å². The van der Waals surface area contributed by atoms with Gasteiger partial charge in [0.1, 0.15) is 5.60 Å². The van der Waals surface area contributed by atoms with Crippen LogP contribution in [0.25, 0.3) is 10.9 Å². The van der Waals surface area contributed by atoms with Gasteiger partial charge >= 0.3 is 6.09 Å². The summed E-state index contributed by atoms with van der Waals surface area (Å²) in [6, 6.07) is 15.4. The lowest BCUT2D eigenvalue weighted by molar-refractivity contribution is 0.0240. The van der Waals surface area contributed by atoms with E-state index in [1.807, 2.05) is 76.2 Å². The summed E-state index contributed by atoms with van der Waals surface area (Å²) in [6.07, 6.45) is 1.47. The number of hydrogen-bond donors (Lipinski definition) is 1. The summed E-state index contributed by atoms with van der Waals surface area (Å²) in [5.41, 5.74) is 3.64. The molecule has 0 radical (unpaired) electrons. The number of piperazine rings is 1. The molecule has 2 amide bonds. The number of aromatic nitrogens is 1. The van der Waals surface area contributed by atoms with E-state index in [4.69, 9.17) is 4.74 Å². The molecule has 1 fully saturated rings. The third-order valence-corrected chi connectivity index (χ3v) is 5.61. The number of nitrogens with one attached hydrogen (secondary N) is 1. The second-order valence-electron chi connectivity index (χ2n) is 9.32. The Balaban J connectivity index is 1.39. The van der Waals surface area contributed by atoms with Gasteiger partial charge in [-0.3, -0.25) is 9.78 Å². The minimum atomic E-state index is -0.495. The largest absolute Gasteiger partial charge is 0.444 e. The number of benzene rings is 2. The topological polar surface area (TPSA) is 74.8 Å². The standard InChI is InChI=1S/C26H30N4O3/c1-18-16-21(29-12-14-30(15-13-29)25(32)33-26(2,3)4)9-10-22(18)24(31)28-20-8-7-19-6-5-11-27-23(19)17-20/h5-11,16-17H,12-15H2,1-4H3,(H,28,31). The SMILES string of the molecule is Cc1cc(N2CCN(C(=O)OC(C)(C)C)CC2)ccc1C(=O)Nc1ccc2cccnc2c1. The minimum absolute atomic E-state index is 0.149. The van der Waals surface area contributed by atoms with Gasteiger partial charge in [0.2, 0.25) is 0 Å². The number of anilines is 2. The molecule has 33 heavy (non-hydrogen) atoms. The van der Waals surface area contributed by atoms with Crippen molar-refractivity contribution in [3.8, 4) is 0 Å². The number of carbonyl (C=O) groups excluding carboxylic acids is 2. The highest BCUT2D eigenvalue weighted by Gasteiger charge is 2.26. The van der Waals surface area contributed by atoms with Gasteiger partial charge in [0.05, 0.1) is 5.52 Å². The van der Waals surface area contributed by atoms with Crippen molar-refractivity contribution in [1.29, 1.82) is 0 Å². The lowest BCUT2D eigenvalue weighted by Gasteiger charge is -2.37. The highest BCUT2D eigenvalue weighted by molar-refractivity contribution is 6.06. The maximum absolute atomic E-state index is 12.9. The first-order valence-corrected chi connectivity index (χ1v) is 11.2. The predicted molar refractivity (Wildman–Crippen MR) is 131 cm³/mol. The Kier molecular flexibility index (Phi) is 6.22. The minimum Gasteiger partial charge on any atom is -0.444 e. The lowest BCUT2D eigenvalue weighted by atomic mass is 10.1. The summed E-state index contributed by atoms with van der Waals surface area (Å²) in [6.45, 7) is 10.2. The van der Waals surface area contributed by atoms with Gasteiger partial charge in [-0.05, 0) is 69.7 Å². The van der Waals surface area contributed by atoms with E-state index < -0.39 is 5.60 Å². The molecular weight excluding hydrogens is 416 g/mol. The van der Waals surface area contributed by atoms with Gasteiger partial charge in [0.25, 0.3) is 5.91 Å². The number of carbonyl (C=O) groups is 2. The molecule has 2 aromatic carbocycles. The molecule has 1 aliphatic heterocycles. The van der Waals surface area contributed by atoms with Crippen LogP contribution in [0.5, 0.6) is 0 Å². The number of rotatable bonds is 3. The van der Waals surface area contributed by atoms with Gasteiger partial charge in [-0.25, -0.2) is 4.79 Å². The Morgan fingerprint density at radius 1 is 1.00 bits per heavy atom. The van der Waals surface area contributed by atoms with Crippen LogP contribution < -0.4 is 10.2 Å². The van der Waals surface area contributed by atoms with E-state index in [2.05, 4.69) is 15.2 Å². The smallest absolute Gasteiger partial charge is 0.410 e. The second kappa shape index (κ2) is 9.10. The Labute approximate surface area is 194 Å². The molecular formula is C26H30N4O3. The van der Waals surface area contributed by atoms with Crippen LogP contribution in [0.2, 0.25) is 0 Å². The first kappa shape index (κ1) is 22.6. The number of fused-ring (bicyclic) bond motifs is 1. The molecule has 0 saturated carbocycles. The van der Waals surface area contributed by atoms with E-state index in [-0.39, 0.29) is 12.0 Å². The Morgan fingerprint density at radius 3 is 2.45 bits per heavy atom. The molecule has 7 heteroatoms. The average Bonchev–Trinajstić information content (AvgIpc) is 2.78. The van der Waals surface area contributed by atoms with Gasteiger partial charge in [-0.2, -0.15) is 0 Å². The number of aryl methyl sites for hydroxylation is 1. The fourth-order valence-electron chi connectivity index (χ4n) is 3.92. The van der Waals surface area contributed by atoms with Gasteiger partial charge in [-0.1, -0.05) is 12.1 Å². The Morgan fingerprint density at radius 2 is 1.76 bits per heavy atom. The molecule has 0 spiro atoms. The first-order chi connectivity index (χ1) is 15.7. The van der Waals surface area contributed by atoms with Crippen molar-refractivity contribution in [2.24, 2.45) is 0 Å². The summed E-state index contributed by atoms with van der Waals surface area (Å²) < 4.78 is 5.47. The van der Waals surface area contributed by atoms with Gasteiger partial charge in [0.15, 0.2) is 0 Å². The molecule has 1 aliphatic rings. The Bertz CT molecular complexity index is 1180. The summed E-state index contributed by atoms with van der Waals surface area (Å²) >= 11 is 0. The monoisotopic (exact) mass is 446 g/mol. The van der Waals surface area contributed by atoms with E-state index in [9.17, 15) is 9.59 Å². The van der Waals surface area contributed by atoms with Crippen LogP contribution in [0, 0.1) is 6.92 Å². The third kappa shape index (κ3) is 5.42. The van der Waals surface area contributed by atoms with Crippen LogP contribution in [0.15, 0.2) is 54.7 Å². The highest BCUT2D eigenvalue weighted by atomic mass is 16.6. The molecule has 1 N–H and O–H groups in total. The normalized spacial score (nSPS) is 14.3. The molecule has 0 atom stereocenters. The molecule has 172 valence electrons. The van der Waals surface area contributed by atoms with Crippen LogP contribution in [0.4, 0.5) is 16.2 Å².